The van der Waals surface area contributed by atoms with E-state index >= 15 is 24.0 Å². The molecule has 0 bridgehead atoms. The number of hydrogen-bond donors (Lipinski definition) is 8. The summed E-state index contributed by atoms with van der Waals surface area (Å²) in [6.45, 7) is 22.8. The zero-order valence-electron chi connectivity index (χ0n) is 63.0. The van der Waals surface area contributed by atoms with Gasteiger partial charge in [0.05, 0.1) is 17.6 Å². The number of amides is 7. The molecule has 0 aliphatic carbocycles. The van der Waals surface area contributed by atoms with Gasteiger partial charge in [-0.25, -0.2) is 9.59 Å². The Kier molecular flexibility index (Phi) is 30.4. The van der Waals surface area contributed by atoms with E-state index in [0.29, 0.717) is 16.7 Å². The SMILES string of the molecule is CC(C)C[C@H](NC(=O)[C@H](CCC(=O)OC(C)(C)C)NC(=O)[C@H](CSC(c1ccccc1)(c1ccccc1)c1ccccc1)NC(=O)[C@H](CCC(=O)OC(C)(C)C)NC(=O)[C@H](CC(=O)OC(C)(C)C)NC(=O)[C@H](CC(=O)NC(c1ccccc1)(c1ccccc1)c1ccccc1)NC(=O)OC(C)(C)C)C(=O)O. The molecule has 106 heavy (non-hydrogen) atoms. The van der Waals surface area contributed by atoms with Crippen LogP contribution in [0.4, 0.5) is 4.79 Å². The second kappa shape index (κ2) is 38.1. The lowest BCUT2D eigenvalue weighted by atomic mass is 9.77. The van der Waals surface area contributed by atoms with Crippen molar-refractivity contribution in [1.82, 2.24) is 37.2 Å². The summed E-state index contributed by atoms with van der Waals surface area (Å²) in [5.41, 5.74) is -1.59. The van der Waals surface area contributed by atoms with Crippen LogP contribution in [-0.4, -0.2) is 135 Å². The lowest BCUT2D eigenvalue weighted by molar-refractivity contribution is -0.157. The number of thioether (sulfide) groups is 1. The predicted molar refractivity (Wildman–Crippen MR) is 404 cm³/mol. The van der Waals surface area contributed by atoms with Gasteiger partial charge in [-0.05, 0) is 142 Å². The summed E-state index contributed by atoms with van der Waals surface area (Å²) in [6.07, 6.45) is -4.82. The third-order valence-electron chi connectivity index (χ3n) is 16.1. The van der Waals surface area contributed by atoms with Gasteiger partial charge in [0.15, 0.2) is 0 Å². The van der Waals surface area contributed by atoms with Gasteiger partial charge < -0.3 is 61.3 Å². The van der Waals surface area contributed by atoms with Gasteiger partial charge in [-0.1, -0.05) is 196 Å². The van der Waals surface area contributed by atoms with Crippen LogP contribution in [0.5, 0.6) is 0 Å². The molecule has 0 spiro atoms. The van der Waals surface area contributed by atoms with Crippen molar-refractivity contribution in [2.45, 2.75) is 211 Å². The molecule has 23 nitrogen and oxygen atoms in total. The maximum atomic E-state index is 15.7. The molecule has 7 amide bonds. The highest BCUT2D eigenvalue weighted by Gasteiger charge is 2.43. The number of carboxylic acids is 1. The molecular weight excluding hydrogens is 1370 g/mol. The molecule has 0 aliphatic rings. The molecule has 0 saturated heterocycles. The van der Waals surface area contributed by atoms with E-state index in [1.165, 1.54) is 11.8 Å². The number of carboxylic acid groups (broad SMARTS) is 1. The number of hydrogen-bond acceptors (Lipinski definition) is 16. The van der Waals surface area contributed by atoms with Crippen molar-refractivity contribution in [2.24, 2.45) is 5.92 Å². The highest BCUT2D eigenvalue weighted by atomic mass is 32.2. The van der Waals surface area contributed by atoms with Crippen LogP contribution in [0.2, 0.25) is 0 Å². The molecular formula is C82H103N7O16S. The summed E-state index contributed by atoms with van der Waals surface area (Å²) >= 11 is 1.22. The van der Waals surface area contributed by atoms with E-state index in [9.17, 15) is 33.9 Å². The van der Waals surface area contributed by atoms with E-state index in [4.69, 9.17) is 18.9 Å². The Labute approximate surface area is 626 Å². The Morgan fingerprint density at radius 1 is 0.358 bits per heavy atom. The first-order chi connectivity index (χ1) is 49.8. The van der Waals surface area contributed by atoms with Crippen LogP contribution in [0.15, 0.2) is 182 Å². The molecule has 0 aliphatic heterocycles. The average Bonchev–Trinajstić information content (AvgIpc) is 0.761. The van der Waals surface area contributed by atoms with Gasteiger partial charge in [0, 0.05) is 18.6 Å². The Morgan fingerprint density at radius 3 is 0.991 bits per heavy atom. The standard InChI is InChI=1S/C82H103N7O16S/c1-53(2)49-64(75(99)100)86-70(94)60(45-47-67(91)102-77(3,4)5)84-74(98)65(52-106-82(57-39-27-18-28-40-57,58-41-29-19-30-42-58)59-43-31-20-32-44-59)87-71(95)61(46-48-68(92)103-78(6,7)8)83-73(97)63(51-69(93)104-79(9,10)11)85-72(96)62(88-76(101)105-80(12,13)14)50-66(90)89-81(54-33-21-15-22-34-54,55-35-23-16-24-36-55)56-37-25-17-26-38-56/h15-44,53,60-65H,45-52H2,1-14H3,(H,83,97)(H,84,98)(H,85,96)(H,86,94)(H,87,95)(H,88,101)(H,89,90)(H,99,100)/t60-,61-,62-,63-,64-,65-/m0/s1. The van der Waals surface area contributed by atoms with Crippen LogP contribution >= 0.6 is 11.8 Å². The van der Waals surface area contributed by atoms with Crippen LogP contribution in [0.3, 0.4) is 0 Å². The summed E-state index contributed by atoms with van der Waals surface area (Å²) in [6, 6.07) is 44.8. The fraction of sp³-hybridized carbons (Fsp3) is 0.427. The monoisotopic (exact) mass is 1470 g/mol. The molecule has 24 heteroatoms. The molecule has 0 heterocycles. The smallest absolute Gasteiger partial charge is 0.408 e. The minimum atomic E-state index is -1.99. The van der Waals surface area contributed by atoms with Crippen molar-refractivity contribution in [3.05, 3.63) is 215 Å². The number of esters is 3. The Bertz CT molecular complexity index is 3740. The fourth-order valence-electron chi connectivity index (χ4n) is 11.7. The van der Waals surface area contributed by atoms with Gasteiger partial charge in [0.1, 0.15) is 64.2 Å². The quantitative estimate of drug-likeness (QED) is 0.0106. The van der Waals surface area contributed by atoms with Crippen molar-refractivity contribution in [1.29, 1.82) is 0 Å². The van der Waals surface area contributed by atoms with Crippen LogP contribution in [0, 0.1) is 5.92 Å². The molecule has 6 aromatic rings. The van der Waals surface area contributed by atoms with E-state index in [1.807, 2.05) is 146 Å². The predicted octanol–water partition coefficient (Wildman–Crippen LogP) is 10.6. The second-order valence-electron chi connectivity index (χ2n) is 30.2. The van der Waals surface area contributed by atoms with E-state index in [2.05, 4.69) is 37.2 Å². The van der Waals surface area contributed by atoms with E-state index in [1.54, 1.807) is 133 Å². The molecule has 6 rings (SSSR count). The molecule has 8 N–H and O–H groups in total. The van der Waals surface area contributed by atoms with E-state index in [-0.39, 0.29) is 18.1 Å². The summed E-state index contributed by atoms with van der Waals surface area (Å²) in [5.74, 6) is -10.8. The molecule has 0 unspecified atom stereocenters. The summed E-state index contributed by atoms with van der Waals surface area (Å²) < 4.78 is 21.4. The molecule has 0 aromatic heterocycles. The number of alkyl carbamates (subject to hydrolysis) is 1. The van der Waals surface area contributed by atoms with Crippen LogP contribution < -0.4 is 37.2 Å². The summed E-state index contributed by atoms with van der Waals surface area (Å²) in [5, 5.41) is 29.1. The van der Waals surface area contributed by atoms with Gasteiger partial charge in [0.2, 0.25) is 35.4 Å². The first-order valence-electron chi connectivity index (χ1n) is 35.4. The number of carbonyl (C=O) groups excluding carboxylic acids is 10. The maximum absolute atomic E-state index is 15.7. The van der Waals surface area contributed by atoms with Crippen molar-refractivity contribution in [3.8, 4) is 0 Å². The molecule has 6 atom stereocenters. The molecule has 0 fully saturated rings. The topological polar surface area (TPSA) is 329 Å². The highest BCUT2D eigenvalue weighted by Crippen LogP contribution is 2.49. The summed E-state index contributed by atoms with van der Waals surface area (Å²) in [4.78, 5) is 159. The zero-order valence-corrected chi connectivity index (χ0v) is 63.8. The highest BCUT2D eigenvalue weighted by molar-refractivity contribution is 8.00. The molecule has 6 aromatic carbocycles. The number of aliphatic carboxylic acids is 1. The number of carbonyl (C=O) groups is 11. The van der Waals surface area contributed by atoms with Gasteiger partial charge in [-0.2, -0.15) is 0 Å². The molecule has 0 saturated carbocycles. The van der Waals surface area contributed by atoms with E-state index < -0.39 is 173 Å². The van der Waals surface area contributed by atoms with Crippen molar-refractivity contribution >= 4 is 77.2 Å². The number of rotatable bonds is 34. The summed E-state index contributed by atoms with van der Waals surface area (Å²) in [7, 11) is 0. The van der Waals surface area contributed by atoms with Gasteiger partial charge in [-0.15, -0.1) is 11.8 Å². The Balaban J connectivity index is 1.48. The minimum Gasteiger partial charge on any atom is -0.480 e. The van der Waals surface area contributed by atoms with Crippen LogP contribution in [0.1, 0.15) is 175 Å². The third kappa shape index (κ3) is 26.3. The zero-order chi connectivity index (χ0) is 78.2. The van der Waals surface area contributed by atoms with Gasteiger partial charge >= 0.3 is 30.0 Å². The van der Waals surface area contributed by atoms with Gasteiger partial charge in [-0.3, -0.25) is 43.2 Å². The fourth-order valence-corrected chi connectivity index (χ4v) is 13.3. The molecule has 0 radical (unpaired) electrons. The lowest BCUT2D eigenvalue weighted by Crippen LogP contribution is -2.60. The first-order valence-corrected chi connectivity index (χ1v) is 36.4. The lowest BCUT2D eigenvalue weighted by Gasteiger charge is -2.37. The number of ether oxygens (including phenoxy) is 4. The third-order valence-corrected chi connectivity index (χ3v) is 17.8. The van der Waals surface area contributed by atoms with Crippen molar-refractivity contribution in [2.75, 3.05) is 5.75 Å². The Morgan fingerprint density at radius 2 is 0.651 bits per heavy atom. The minimum absolute atomic E-state index is 0.0107. The van der Waals surface area contributed by atoms with Crippen molar-refractivity contribution < 1.29 is 76.8 Å². The molecule has 568 valence electrons. The largest absolute Gasteiger partial charge is 0.480 e. The maximum Gasteiger partial charge on any atom is 0.408 e. The van der Waals surface area contributed by atoms with Gasteiger partial charge in [0.25, 0.3) is 0 Å². The second-order valence-corrected chi connectivity index (χ2v) is 31.4. The van der Waals surface area contributed by atoms with Crippen molar-refractivity contribution in [3.63, 3.8) is 0 Å². The van der Waals surface area contributed by atoms with Crippen LogP contribution in [-0.2, 0) is 77.2 Å². The van der Waals surface area contributed by atoms with Crippen LogP contribution in [0.25, 0.3) is 0 Å². The Hall–Kier alpha value is -10.4. The normalized spacial score (nSPS) is 13.7. The number of nitrogens with one attached hydrogen (secondary N) is 7. The average molecular weight is 1470 g/mol. The first kappa shape index (κ1) is 84.6. The van der Waals surface area contributed by atoms with E-state index in [0.717, 1.165) is 16.7 Å². The number of benzene rings is 6.